The summed E-state index contributed by atoms with van der Waals surface area (Å²) in [5.41, 5.74) is 6.00. The van der Waals surface area contributed by atoms with E-state index in [0.717, 1.165) is 0 Å². The molecule has 18 heavy (non-hydrogen) atoms. The number of benzene rings is 1. The number of amides is 1. The van der Waals surface area contributed by atoms with Crippen molar-refractivity contribution in [3.8, 4) is 11.5 Å². The highest BCUT2D eigenvalue weighted by molar-refractivity contribution is 5.98. The van der Waals surface area contributed by atoms with Crippen LogP contribution in [-0.2, 0) is 6.42 Å². The molecule has 0 aliphatic rings. The lowest BCUT2D eigenvalue weighted by Crippen LogP contribution is -2.12. The highest BCUT2D eigenvalue weighted by atomic mass is 35.5. The summed E-state index contributed by atoms with van der Waals surface area (Å²) in [6, 6.07) is 2.84. The maximum absolute atomic E-state index is 11.1. The normalized spacial score (nSPS) is 9.78. The molecule has 1 heterocycles. The van der Waals surface area contributed by atoms with Gasteiger partial charge < -0.3 is 20.9 Å². The third-order valence-corrected chi connectivity index (χ3v) is 2.41. The summed E-state index contributed by atoms with van der Waals surface area (Å²) in [7, 11) is 0. The number of nitrogens with two attached hydrogens (primary N) is 1. The number of carbonyl (C=O) groups excluding carboxylic acids is 1. The van der Waals surface area contributed by atoms with Gasteiger partial charge in [0.05, 0.1) is 12.0 Å². The summed E-state index contributed by atoms with van der Waals surface area (Å²) >= 11 is 0. The Bertz CT molecular complexity index is 555. The first-order valence-electron chi connectivity index (χ1n) is 4.91. The minimum absolute atomic E-state index is 0. The van der Waals surface area contributed by atoms with Gasteiger partial charge in [0.2, 0.25) is 0 Å². The Balaban J connectivity index is 0.00000162. The lowest BCUT2D eigenvalue weighted by atomic mass is 10.0. The Hall–Kier alpha value is -2.21. The zero-order valence-corrected chi connectivity index (χ0v) is 10.1. The molecule has 0 saturated carbocycles. The van der Waals surface area contributed by atoms with Crippen molar-refractivity contribution < 1.29 is 15.0 Å². The van der Waals surface area contributed by atoms with Crippen molar-refractivity contribution in [3.63, 3.8) is 0 Å². The Morgan fingerprint density at radius 2 is 2.11 bits per heavy atom. The molecule has 1 aromatic heterocycles. The minimum atomic E-state index is -0.871. The van der Waals surface area contributed by atoms with Gasteiger partial charge in [-0.3, -0.25) is 4.79 Å². The van der Waals surface area contributed by atoms with Crippen LogP contribution in [0.15, 0.2) is 24.7 Å². The van der Waals surface area contributed by atoms with E-state index < -0.39 is 5.91 Å². The third kappa shape index (κ3) is 2.54. The Labute approximate surface area is 109 Å². The molecule has 0 spiro atoms. The molecule has 0 unspecified atom stereocenters. The van der Waals surface area contributed by atoms with Gasteiger partial charge in [0.15, 0.2) is 0 Å². The summed E-state index contributed by atoms with van der Waals surface area (Å²) in [4.78, 5) is 17.9. The number of phenols is 2. The van der Waals surface area contributed by atoms with Crippen LogP contribution < -0.4 is 5.73 Å². The van der Waals surface area contributed by atoms with Crippen LogP contribution in [0.3, 0.4) is 0 Å². The van der Waals surface area contributed by atoms with E-state index in [9.17, 15) is 15.0 Å². The van der Waals surface area contributed by atoms with E-state index in [1.54, 1.807) is 6.20 Å². The highest BCUT2D eigenvalue weighted by Crippen LogP contribution is 2.31. The molecule has 1 amide bonds. The molecular formula is C11H12ClN3O3. The van der Waals surface area contributed by atoms with Crippen LogP contribution in [0, 0.1) is 0 Å². The van der Waals surface area contributed by atoms with Crippen LogP contribution in [0.25, 0.3) is 0 Å². The first-order valence-corrected chi connectivity index (χ1v) is 4.91. The standard InChI is InChI=1S/C11H11N3O3.ClH/c12-11(17)9-8(15)2-1-6(10(9)16)3-7-4-13-5-14-7;/h1-2,4-5,15-16H,3H2,(H2,12,17)(H,13,14);1H. The summed E-state index contributed by atoms with van der Waals surface area (Å²) < 4.78 is 0. The summed E-state index contributed by atoms with van der Waals surface area (Å²) in [5.74, 6) is -1.51. The van der Waals surface area contributed by atoms with Crippen LogP contribution >= 0.6 is 12.4 Å². The van der Waals surface area contributed by atoms with Crippen molar-refractivity contribution >= 4 is 18.3 Å². The van der Waals surface area contributed by atoms with Gasteiger partial charge in [0.25, 0.3) is 5.91 Å². The van der Waals surface area contributed by atoms with Crippen molar-refractivity contribution in [3.05, 3.63) is 41.5 Å². The molecule has 2 aromatic rings. The van der Waals surface area contributed by atoms with Crippen LogP contribution in [0.5, 0.6) is 11.5 Å². The molecule has 6 nitrogen and oxygen atoms in total. The molecule has 96 valence electrons. The Morgan fingerprint density at radius 1 is 1.39 bits per heavy atom. The number of carbonyl (C=O) groups is 1. The molecule has 1 aromatic carbocycles. The number of aromatic amines is 1. The molecule has 0 aliphatic carbocycles. The molecular weight excluding hydrogens is 258 g/mol. The van der Waals surface area contributed by atoms with Crippen molar-refractivity contribution in [2.45, 2.75) is 6.42 Å². The highest BCUT2D eigenvalue weighted by Gasteiger charge is 2.17. The first-order chi connectivity index (χ1) is 8.09. The summed E-state index contributed by atoms with van der Waals surface area (Å²) in [6.07, 6.45) is 3.54. The number of halogens is 1. The molecule has 7 heteroatoms. The third-order valence-electron chi connectivity index (χ3n) is 2.41. The number of hydrogen-bond acceptors (Lipinski definition) is 4. The number of hydrogen-bond donors (Lipinski definition) is 4. The fourth-order valence-electron chi connectivity index (χ4n) is 1.59. The van der Waals surface area contributed by atoms with Crippen molar-refractivity contribution in [1.29, 1.82) is 0 Å². The van der Waals surface area contributed by atoms with Gasteiger partial charge in [-0.25, -0.2) is 4.98 Å². The fraction of sp³-hybridized carbons (Fsp3) is 0.0909. The predicted octanol–water partition coefficient (Wildman–Crippen LogP) is 0.932. The van der Waals surface area contributed by atoms with Crippen molar-refractivity contribution in [2.75, 3.05) is 0 Å². The van der Waals surface area contributed by atoms with E-state index in [4.69, 9.17) is 5.73 Å². The molecule has 0 fully saturated rings. The number of rotatable bonds is 3. The zero-order valence-electron chi connectivity index (χ0n) is 9.25. The van der Waals surface area contributed by atoms with Crippen LogP contribution in [0.2, 0.25) is 0 Å². The second-order valence-electron chi connectivity index (χ2n) is 3.57. The van der Waals surface area contributed by atoms with Gasteiger partial charge in [-0.2, -0.15) is 0 Å². The molecule has 0 bridgehead atoms. The average molecular weight is 270 g/mol. The van der Waals surface area contributed by atoms with Crippen molar-refractivity contribution in [2.24, 2.45) is 5.73 Å². The second-order valence-corrected chi connectivity index (χ2v) is 3.57. The van der Waals surface area contributed by atoms with Gasteiger partial charge in [-0.15, -0.1) is 12.4 Å². The molecule has 0 saturated heterocycles. The smallest absolute Gasteiger partial charge is 0.256 e. The van der Waals surface area contributed by atoms with Gasteiger partial charge in [-0.1, -0.05) is 6.07 Å². The predicted molar refractivity (Wildman–Crippen MR) is 66.9 cm³/mol. The summed E-state index contributed by atoms with van der Waals surface area (Å²) in [5, 5.41) is 19.3. The van der Waals surface area contributed by atoms with Gasteiger partial charge in [-0.05, 0) is 6.07 Å². The molecule has 0 radical (unpaired) electrons. The molecule has 0 aliphatic heterocycles. The topological polar surface area (TPSA) is 112 Å². The van der Waals surface area contributed by atoms with E-state index in [2.05, 4.69) is 9.97 Å². The number of primary amides is 1. The minimum Gasteiger partial charge on any atom is -0.507 e. The van der Waals surface area contributed by atoms with Crippen molar-refractivity contribution in [1.82, 2.24) is 9.97 Å². The average Bonchev–Trinajstić information content (AvgIpc) is 2.74. The van der Waals surface area contributed by atoms with Gasteiger partial charge in [0, 0.05) is 18.2 Å². The second kappa shape index (κ2) is 5.42. The zero-order chi connectivity index (χ0) is 12.4. The van der Waals surface area contributed by atoms with Gasteiger partial charge in [0.1, 0.15) is 17.1 Å². The molecule has 2 rings (SSSR count). The van der Waals surface area contributed by atoms with E-state index >= 15 is 0 Å². The largest absolute Gasteiger partial charge is 0.507 e. The van der Waals surface area contributed by atoms with Crippen LogP contribution in [0.4, 0.5) is 0 Å². The van der Waals surface area contributed by atoms with E-state index in [0.29, 0.717) is 17.7 Å². The van der Waals surface area contributed by atoms with E-state index in [1.807, 2.05) is 0 Å². The molecule has 0 atom stereocenters. The molecule has 5 N–H and O–H groups in total. The summed E-state index contributed by atoms with van der Waals surface area (Å²) in [6.45, 7) is 0. The number of H-pyrrole nitrogens is 1. The van der Waals surface area contributed by atoms with E-state index in [1.165, 1.54) is 18.5 Å². The lowest BCUT2D eigenvalue weighted by Gasteiger charge is -2.08. The number of nitrogens with zero attached hydrogens (tertiary/aromatic N) is 1. The maximum atomic E-state index is 11.1. The van der Waals surface area contributed by atoms with E-state index in [-0.39, 0.29) is 29.5 Å². The van der Waals surface area contributed by atoms with Crippen LogP contribution in [-0.4, -0.2) is 26.1 Å². The fourth-order valence-corrected chi connectivity index (χ4v) is 1.59. The van der Waals surface area contributed by atoms with Crippen LogP contribution in [0.1, 0.15) is 21.6 Å². The number of nitrogens with one attached hydrogen (secondary N) is 1. The number of aromatic nitrogens is 2. The quantitative estimate of drug-likeness (QED) is 0.664. The SMILES string of the molecule is Cl.NC(=O)c1c(O)ccc(Cc2c[nH]cn2)c1O. The Morgan fingerprint density at radius 3 is 2.67 bits per heavy atom. The number of aromatic hydroxyl groups is 2. The monoisotopic (exact) mass is 269 g/mol. The Kier molecular flexibility index (Phi) is 4.17. The maximum Gasteiger partial charge on any atom is 0.256 e. The first kappa shape index (κ1) is 13.9. The number of imidazole rings is 1. The lowest BCUT2D eigenvalue weighted by molar-refractivity contribution is 0.0995. The van der Waals surface area contributed by atoms with Gasteiger partial charge >= 0.3 is 0 Å².